The van der Waals surface area contributed by atoms with Crippen molar-refractivity contribution in [2.75, 3.05) is 5.73 Å². The monoisotopic (exact) mass is 277 g/mol. The molecule has 0 aliphatic rings. The van der Waals surface area contributed by atoms with Crippen molar-refractivity contribution in [2.45, 2.75) is 19.8 Å². The van der Waals surface area contributed by atoms with Crippen molar-refractivity contribution in [3.8, 4) is 0 Å². The number of aromatic nitrogens is 2. The van der Waals surface area contributed by atoms with Gasteiger partial charge in [0.25, 0.3) is 0 Å². The van der Waals surface area contributed by atoms with Crippen molar-refractivity contribution in [1.29, 1.82) is 0 Å². The molecule has 2 N–H and O–H groups in total. The number of benzene rings is 1. The van der Waals surface area contributed by atoms with Gasteiger partial charge in [-0.25, -0.2) is 0 Å². The van der Waals surface area contributed by atoms with Crippen LogP contribution in [0.3, 0.4) is 0 Å². The Morgan fingerprint density at radius 1 is 1.32 bits per heavy atom. The summed E-state index contributed by atoms with van der Waals surface area (Å²) >= 11 is 6.13. The highest BCUT2D eigenvalue weighted by molar-refractivity contribution is 6.32. The first-order valence-electron chi connectivity index (χ1n) is 6.01. The summed E-state index contributed by atoms with van der Waals surface area (Å²) in [7, 11) is 1.80. The van der Waals surface area contributed by atoms with Gasteiger partial charge in [-0.2, -0.15) is 5.10 Å². The predicted octanol–water partition coefficient (Wildman–Crippen LogP) is 2.32. The molecule has 0 saturated heterocycles. The Bertz CT molecular complexity index is 602. The van der Waals surface area contributed by atoms with Crippen molar-refractivity contribution < 1.29 is 4.79 Å². The van der Waals surface area contributed by atoms with E-state index in [-0.39, 0.29) is 5.78 Å². The van der Waals surface area contributed by atoms with Crippen molar-refractivity contribution in [3.63, 3.8) is 0 Å². The number of nitrogens with two attached hydrogens (primary N) is 1. The number of nitrogens with zero attached hydrogens (tertiary/aromatic N) is 2. The van der Waals surface area contributed by atoms with Crippen molar-refractivity contribution in [3.05, 3.63) is 46.2 Å². The smallest absolute Gasteiger partial charge is 0.143 e. The number of hydrogen-bond donors (Lipinski definition) is 1. The van der Waals surface area contributed by atoms with Crippen LogP contribution in [0.1, 0.15) is 17.0 Å². The van der Waals surface area contributed by atoms with Crippen LogP contribution < -0.4 is 5.73 Å². The lowest BCUT2D eigenvalue weighted by molar-refractivity contribution is -0.117. The normalized spacial score (nSPS) is 10.7. The van der Waals surface area contributed by atoms with Gasteiger partial charge in [-0.05, 0) is 24.6 Å². The third kappa shape index (κ3) is 3.15. The van der Waals surface area contributed by atoms with E-state index in [9.17, 15) is 4.79 Å². The number of carbonyl (C=O) groups excluding carboxylic acids is 1. The summed E-state index contributed by atoms with van der Waals surface area (Å²) in [5.41, 5.74) is 8.77. The Balaban J connectivity index is 2.07. The minimum absolute atomic E-state index is 0.106. The van der Waals surface area contributed by atoms with E-state index in [0.717, 1.165) is 17.0 Å². The zero-order valence-electron chi connectivity index (χ0n) is 11.0. The highest BCUT2D eigenvalue weighted by Crippen LogP contribution is 2.20. The van der Waals surface area contributed by atoms with E-state index in [2.05, 4.69) is 5.10 Å². The van der Waals surface area contributed by atoms with E-state index >= 15 is 0 Å². The first kappa shape index (κ1) is 13.6. The van der Waals surface area contributed by atoms with Gasteiger partial charge in [-0.15, -0.1) is 0 Å². The molecule has 2 rings (SSSR count). The van der Waals surface area contributed by atoms with Gasteiger partial charge in [-0.1, -0.05) is 23.7 Å². The molecule has 2 aromatic rings. The molecule has 0 spiro atoms. The van der Waals surface area contributed by atoms with Crippen molar-refractivity contribution in [1.82, 2.24) is 9.78 Å². The number of Topliss-reactive ketones (excluding diaryl/α,β-unsaturated/α-hetero) is 1. The molecule has 0 radical (unpaired) electrons. The number of hydrogen-bond acceptors (Lipinski definition) is 3. The van der Waals surface area contributed by atoms with Gasteiger partial charge in [0, 0.05) is 19.2 Å². The third-order valence-corrected chi connectivity index (χ3v) is 3.50. The molecule has 1 aromatic carbocycles. The molecular formula is C14H16ClN3O. The maximum Gasteiger partial charge on any atom is 0.143 e. The van der Waals surface area contributed by atoms with Crippen LogP contribution in [0.4, 0.5) is 5.69 Å². The number of rotatable bonds is 4. The van der Waals surface area contributed by atoms with Gasteiger partial charge in [-0.3, -0.25) is 9.48 Å². The molecule has 5 heteroatoms. The minimum atomic E-state index is 0.106. The second-order valence-corrected chi connectivity index (χ2v) is 4.98. The molecular weight excluding hydrogens is 262 g/mol. The fourth-order valence-corrected chi connectivity index (χ4v) is 2.21. The van der Waals surface area contributed by atoms with Crippen molar-refractivity contribution in [2.24, 2.45) is 7.05 Å². The fourth-order valence-electron chi connectivity index (χ4n) is 1.98. The zero-order valence-corrected chi connectivity index (χ0v) is 11.7. The lowest BCUT2D eigenvalue weighted by Crippen LogP contribution is -2.10. The molecule has 19 heavy (non-hydrogen) atoms. The summed E-state index contributed by atoms with van der Waals surface area (Å²) in [6, 6.07) is 7.32. The summed E-state index contributed by atoms with van der Waals surface area (Å²) < 4.78 is 1.67. The predicted molar refractivity (Wildman–Crippen MR) is 76.2 cm³/mol. The molecule has 0 amide bonds. The zero-order chi connectivity index (χ0) is 14.0. The first-order chi connectivity index (χ1) is 8.97. The largest absolute Gasteiger partial charge is 0.399 e. The van der Waals surface area contributed by atoms with Gasteiger partial charge < -0.3 is 5.73 Å². The fraction of sp³-hybridized carbons (Fsp3) is 0.286. The summed E-state index contributed by atoms with van der Waals surface area (Å²) in [6.07, 6.45) is 0.668. The van der Waals surface area contributed by atoms with E-state index in [1.54, 1.807) is 23.9 Å². The van der Waals surface area contributed by atoms with Crippen LogP contribution in [0.25, 0.3) is 0 Å². The summed E-state index contributed by atoms with van der Waals surface area (Å²) in [5.74, 6) is 0.106. The molecule has 0 saturated carbocycles. The Hall–Kier alpha value is -1.81. The molecule has 0 aliphatic carbocycles. The molecule has 0 bridgehead atoms. The van der Waals surface area contributed by atoms with Gasteiger partial charge in [0.15, 0.2) is 0 Å². The molecule has 0 unspecified atom stereocenters. The third-order valence-electron chi connectivity index (χ3n) is 3.01. The van der Waals surface area contributed by atoms with E-state index in [1.165, 1.54) is 0 Å². The lowest BCUT2D eigenvalue weighted by Gasteiger charge is -2.03. The van der Waals surface area contributed by atoms with E-state index in [1.807, 2.05) is 19.1 Å². The minimum Gasteiger partial charge on any atom is -0.399 e. The maximum absolute atomic E-state index is 12.0. The Labute approximate surface area is 117 Å². The average molecular weight is 278 g/mol. The highest BCUT2D eigenvalue weighted by Gasteiger charge is 2.15. The van der Waals surface area contributed by atoms with Crippen LogP contribution in [0.2, 0.25) is 5.02 Å². The summed E-state index contributed by atoms with van der Waals surface area (Å²) in [6.45, 7) is 1.83. The number of nitrogen functional groups attached to an aromatic ring is 1. The van der Waals surface area contributed by atoms with Crippen LogP contribution in [-0.2, 0) is 24.7 Å². The Morgan fingerprint density at radius 3 is 2.47 bits per heavy atom. The molecule has 1 heterocycles. The molecule has 4 nitrogen and oxygen atoms in total. The number of halogens is 1. The summed E-state index contributed by atoms with van der Waals surface area (Å²) in [5, 5.41) is 4.78. The number of carbonyl (C=O) groups is 1. The maximum atomic E-state index is 12.0. The number of anilines is 1. The first-order valence-corrected chi connectivity index (χ1v) is 6.39. The van der Waals surface area contributed by atoms with Crippen LogP contribution >= 0.6 is 11.6 Å². The lowest BCUT2D eigenvalue weighted by atomic mass is 10.1. The summed E-state index contributed by atoms with van der Waals surface area (Å²) in [4.78, 5) is 12.0. The highest BCUT2D eigenvalue weighted by atomic mass is 35.5. The van der Waals surface area contributed by atoms with Gasteiger partial charge in [0.1, 0.15) is 5.78 Å². The van der Waals surface area contributed by atoms with Crippen LogP contribution in [0.15, 0.2) is 24.3 Å². The molecule has 100 valence electrons. The van der Waals surface area contributed by atoms with Gasteiger partial charge >= 0.3 is 0 Å². The second-order valence-electron chi connectivity index (χ2n) is 4.60. The quantitative estimate of drug-likeness (QED) is 0.873. The topological polar surface area (TPSA) is 60.9 Å². The van der Waals surface area contributed by atoms with E-state index in [0.29, 0.717) is 23.6 Å². The van der Waals surface area contributed by atoms with Crippen LogP contribution in [0.5, 0.6) is 0 Å². The van der Waals surface area contributed by atoms with Gasteiger partial charge in [0.2, 0.25) is 0 Å². The average Bonchev–Trinajstić information content (AvgIpc) is 2.59. The molecule has 0 atom stereocenters. The van der Waals surface area contributed by atoms with Crippen LogP contribution in [0, 0.1) is 6.92 Å². The van der Waals surface area contributed by atoms with Crippen molar-refractivity contribution >= 4 is 23.1 Å². The molecule has 0 aliphatic heterocycles. The standard InChI is InChI=1S/C14H16ClN3O/c1-9-14(15)13(18(2)17-9)8-12(19)7-10-3-5-11(16)6-4-10/h3-6H,7-8,16H2,1-2H3. The number of aryl methyl sites for hydroxylation is 2. The van der Waals surface area contributed by atoms with Crippen LogP contribution in [-0.4, -0.2) is 15.6 Å². The SMILES string of the molecule is Cc1nn(C)c(CC(=O)Cc2ccc(N)cc2)c1Cl. The second kappa shape index (κ2) is 5.45. The molecule has 1 aromatic heterocycles. The number of ketones is 1. The van der Waals surface area contributed by atoms with Gasteiger partial charge in [0.05, 0.1) is 22.8 Å². The van der Waals surface area contributed by atoms with E-state index in [4.69, 9.17) is 17.3 Å². The molecule has 0 fully saturated rings. The Morgan fingerprint density at radius 2 is 1.95 bits per heavy atom. The van der Waals surface area contributed by atoms with E-state index < -0.39 is 0 Å². The Kier molecular flexibility index (Phi) is 3.90.